The molecule has 0 aliphatic carbocycles. The third-order valence-electron chi connectivity index (χ3n) is 0.524. The second kappa shape index (κ2) is 5.12. The molecule has 0 saturated heterocycles. The molecule has 0 saturated carbocycles. The zero-order chi connectivity index (χ0) is 6.41. The molecule has 0 bridgehead atoms. The fraction of sp³-hybridized carbons (Fsp3) is 0.333. The van der Waals surface area contributed by atoms with Gasteiger partial charge in [0.15, 0.2) is 0 Å². The molecule has 0 spiro atoms. The van der Waals surface area contributed by atoms with E-state index >= 15 is 0 Å². The van der Waals surface area contributed by atoms with E-state index in [0.29, 0.717) is 0 Å². The largest absolute Gasteiger partial charge is 0.681 e. The maximum Gasteiger partial charge on any atom is 0.681 e. The molecule has 0 fully saturated rings. The van der Waals surface area contributed by atoms with Crippen molar-refractivity contribution in [1.29, 1.82) is 0 Å². The van der Waals surface area contributed by atoms with Crippen LogP contribution < -0.4 is 0 Å². The van der Waals surface area contributed by atoms with Gasteiger partial charge in [0.25, 0.3) is 0 Å². The Morgan fingerprint density at radius 1 is 2.00 bits per heavy atom. The highest BCUT2D eigenvalue weighted by molar-refractivity contribution is 7.33. The summed E-state index contributed by atoms with van der Waals surface area (Å²) in [5.74, 6) is 0. The van der Waals surface area contributed by atoms with E-state index in [1.165, 1.54) is 0 Å². The molecule has 0 radical (unpaired) electrons. The molecule has 0 aromatic heterocycles. The molecule has 3 nitrogen and oxygen atoms in total. The zero-order valence-corrected chi connectivity index (χ0v) is 6.72. The molecule has 46 valence electrons. The van der Waals surface area contributed by atoms with E-state index in [9.17, 15) is 4.57 Å². The van der Waals surface area contributed by atoms with Crippen molar-refractivity contribution in [3.8, 4) is 0 Å². The predicted molar refractivity (Wildman–Crippen MR) is 34.5 cm³/mol. The van der Waals surface area contributed by atoms with E-state index in [1.54, 1.807) is 6.08 Å². The molecule has 1 N–H and O–H groups in total. The maximum atomic E-state index is 9.80. The standard InChI is InChI=1S/C3H7O3PSi/c1-2-3-8-6-7(4)5/h2H,1,3,8H2/p+1. The summed E-state index contributed by atoms with van der Waals surface area (Å²) in [6.07, 6.45) is 1.69. The highest BCUT2D eigenvalue weighted by Crippen LogP contribution is 2.12. The number of hydrogen-bond donors (Lipinski definition) is 1. The summed E-state index contributed by atoms with van der Waals surface area (Å²) >= 11 is 0. The zero-order valence-electron chi connectivity index (χ0n) is 4.41. The maximum absolute atomic E-state index is 9.80. The van der Waals surface area contributed by atoms with E-state index in [0.717, 1.165) is 6.04 Å². The van der Waals surface area contributed by atoms with Crippen molar-refractivity contribution >= 4 is 18.0 Å². The Kier molecular flexibility index (Phi) is 5.11. The predicted octanol–water partition coefficient (Wildman–Crippen LogP) is 0.341. The molecular formula is C3H8O3PSi+. The Hall–Kier alpha value is -0.0231. The first-order chi connectivity index (χ1) is 3.77. The van der Waals surface area contributed by atoms with Crippen LogP contribution >= 0.6 is 8.25 Å². The first-order valence-corrected chi connectivity index (χ1v) is 4.88. The molecule has 0 aliphatic heterocycles. The van der Waals surface area contributed by atoms with Gasteiger partial charge in [0.1, 0.15) is 0 Å². The number of allylic oxidation sites excluding steroid dienone is 1. The van der Waals surface area contributed by atoms with E-state index in [-0.39, 0.29) is 0 Å². The second-order valence-corrected chi connectivity index (χ2v) is 3.64. The minimum Gasteiger partial charge on any atom is -0.183 e. The number of rotatable bonds is 4. The van der Waals surface area contributed by atoms with Gasteiger partial charge in [-0.2, -0.15) is 4.21 Å². The van der Waals surface area contributed by atoms with Crippen LogP contribution in [0.4, 0.5) is 0 Å². The summed E-state index contributed by atoms with van der Waals surface area (Å²) in [5.41, 5.74) is 0. The van der Waals surface area contributed by atoms with Crippen molar-refractivity contribution in [3.63, 3.8) is 0 Å². The first-order valence-electron chi connectivity index (χ1n) is 2.17. The smallest absolute Gasteiger partial charge is 0.183 e. The Morgan fingerprint density at radius 3 is 3.00 bits per heavy atom. The van der Waals surface area contributed by atoms with Crippen LogP contribution in [0.5, 0.6) is 0 Å². The highest BCUT2D eigenvalue weighted by Gasteiger charge is 2.08. The van der Waals surface area contributed by atoms with E-state index in [4.69, 9.17) is 4.89 Å². The van der Waals surface area contributed by atoms with Crippen molar-refractivity contribution in [2.45, 2.75) is 6.04 Å². The topological polar surface area (TPSA) is 46.5 Å². The van der Waals surface area contributed by atoms with E-state index < -0.39 is 18.0 Å². The Labute approximate surface area is 51.3 Å². The summed E-state index contributed by atoms with van der Waals surface area (Å²) in [6.45, 7) is 3.44. The summed E-state index contributed by atoms with van der Waals surface area (Å²) in [7, 11) is -3.14. The van der Waals surface area contributed by atoms with Gasteiger partial charge >= 0.3 is 8.25 Å². The highest BCUT2D eigenvalue weighted by atomic mass is 31.1. The van der Waals surface area contributed by atoms with Crippen molar-refractivity contribution in [1.82, 2.24) is 0 Å². The fourth-order valence-electron chi connectivity index (χ4n) is 0.214. The average molecular weight is 151 g/mol. The van der Waals surface area contributed by atoms with Gasteiger partial charge in [-0.25, -0.2) is 0 Å². The fourth-order valence-corrected chi connectivity index (χ4v) is 1.43. The van der Waals surface area contributed by atoms with Gasteiger partial charge in [-0.3, -0.25) is 0 Å². The lowest BCUT2D eigenvalue weighted by atomic mass is 10.8. The lowest BCUT2D eigenvalue weighted by molar-refractivity contribution is 0.420. The third kappa shape index (κ3) is 5.98. The normalized spacial score (nSPS) is 12.4. The SMILES string of the molecule is C=CC[SiH2]O[P+](=O)O. The van der Waals surface area contributed by atoms with Gasteiger partial charge in [-0.15, -0.1) is 11.5 Å². The van der Waals surface area contributed by atoms with Crippen LogP contribution in [-0.4, -0.2) is 14.7 Å². The lowest BCUT2D eigenvalue weighted by Gasteiger charge is -1.77. The Balaban J connectivity index is 2.93. The molecule has 0 rings (SSSR count). The minimum atomic E-state index is -2.35. The first kappa shape index (κ1) is 7.98. The van der Waals surface area contributed by atoms with Gasteiger partial charge in [0.05, 0.1) is 0 Å². The Bertz CT molecular complexity index is 94.5. The molecule has 1 unspecified atom stereocenters. The van der Waals surface area contributed by atoms with Crippen molar-refractivity contribution < 1.29 is 13.7 Å². The molecule has 1 atom stereocenters. The summed E-state index contributed by atoms with van der Waals surface area (Å²) < 4.78 is 14.2. The van der Waals surface area contributed by atoms with Gasteiger partial charge in [-0.1, -0.05) is 6.08 Å². The molecule has 8 heavy (non-hydrogen) atoms. The van der Waals surface area contributed by atoms with Crippen LogP contribution in [0.2, 0.25) is 6.04 Å². The summed E-state index contributed by atoms with van der Waals surface area (Å²) in [4.78, 5) is 8.07. The third-order valence-corrected chi connectivity index (χ3v) is 2.78. The van der Waals surface area contributed by atoms with Gasteiger partial charge in [0, 0.05) is 4.57 Å². The van der Waals surface area contributed by atoms with Gasteiger partial charge in [0.2, 0.25) is 9.76 Å². The van der Waals surface area contributed by atoms with Crippen LogP contribution in [0, 0.1) is 0 Å². The molecular weight excluding hydrogens is 143 g/mol. The Morgan fingerprint density at radius 2 is 2.62 bits per heavy atom. The monoisotopic (exact) mass is 151 g/mol. The van der Waals surface area contributed by atoms with Gasteiger partial charge < -0.3 is 0 Å². The van der Waals surface area contributed by atoms with E-state index in [2.05, 4.69) is 10.8 Å². The van der Waals surface area contributed by atoms with Crippen LogP contribution in [0.15, 0.2) is 12.7 Å². The molecule has 0 aromatic carbocycles. The quantitative estimate of drug-likeness (QED) is 0.273. The van der Waals surface area contributed by atoms with Crippen LogP contribution in [0.3, 0.4) is 0 Å². The van der Waals surface area contributed by atoms with Crippen LogP contribution in [0.1, 0.15) is 0 Å². The molecule has 0 heterocycles. The van der Waals surface area contributed by atoms with Crippen LogP contribution in [0.25, 0.3) is 0 Å². The second-order valence-electron chi connectivity index (χ2n) is 1.15. The minimum absolute atomic E-state index is 0.752. The average Bonchev–Trinajstić information content (AvgIpc) is 1.66. The summed E-state index contributed by atoms with van der Waals surface area (Å²) in [5, 5.41) is 0. The molecule has 0 aromatic rings. The van der Waals surface area contributed by atoms with Crippen molar-refractivity contribution in [2.75, 3.05) is 0 Å². The molecule has 5 heteroatoms. The van der Waals surface area contributed by atoms with Crippen LogP contribution in [-0.2, 0) is 8.78 Å². The summed E-state index contributed by atoms with van der Waals surface area (Å²) in [6, 6.07) is 0.752. The van der Waals surface area contributed by atoms with Crippen molar-refractivity contribution in [3.05, 3.63) is 12.7 Å². The van der Waals surface area contributed by atoms with E-state index in [1.807, 2.05) is 0 Å². The van der Waals surface area contributed by atoms with Gasteiger partial charge in [-0.05, 0) is 6.04 Å². The van der Waals surface area contributed by atoms with Crippen molar-refractivity contribution in [2.24, 2.45) is 0 Å². The number of hydrogen-bond acceptors (Lipinski definition) is 2. The molecule has 0 aliphatic rings. The lowest BCUT2D eigenvalue weighted by Crippen LogP contribution is -1.86. The molecule has 0 amide bonds.